The van der Waals surface area contributed by atoms with Crippen molar-refractivity contribution in [1.29, 1.82) is 0 Å². The Morgan fingerprint density at radius 1 is 1.39 bits per heavy atom. The molecule has 0 aliphatic heterocycles. The molecule has 98 valence electrons. The van der Waals surface area contributed by atoms with E-state index in [0.717, 1.165) is 37.9 Å². The zero-order valence-corrected chi connectivity index (χ0v) is 11.3. The summed E-state index contributed by atoms with van der Waals surface area (Å²) in [6.07, 6.45) is 4.17. The van der Waals surface area contributed by atoms with Crippen molar-refractivity contribution in [3.63, 3.8) is 0 Å². The molecule has 2 N–H and O–H groups in total. The lowest BCUT2D eigenvalue weighted by molar-refractivity contribution is -0.121. The number of carbonyl (C=O) groups is 1. The second-order valence-electron chi connectivity index (χ2n) is 5.22. The van der Waals surface area contributed by atoms with E-state index < -0.39 is 0 Å². The van der Waals surface area contributed by atoms with E-state index in [1.807, 2.05) is 25.2 Å². The van der Waals surface area contributed by atoms with Gasteiger partial charge in [-0.2, -0.15) is 0 Å². The molecule has 18 heavy (non-hydrogen) atoms. The number of anilines is 1. The molecular formula is C15H22N2O. The summed E-state index contributed by atoms with van der Waals surface area (Å²) in [7, 11) is 1.92. The summed E-state index contributed by atoms with van der Waals surface area (Å²) < 4.78 is 0. The molecule has 1 aromatic rings. The van der Waals surface area contributed by atoms with Crippen molar-refractivity contribution in [3.8, 4) is 0 Å². The molecule has 0 bridgehead atoms. The summed E-state index contributed by atoms with van der Waals surface area (Å²) in [4.78, 5) is 12.2. The standard InChI is InChI=1S/C15H22N2O/c1-3-7-15(8-9-15)14(18)17-13-6-4-5-12(10-13)11-16-2/h4-6,10,16H,3,7-9,11H2,1-2H3,(H,17,18). The molecule has 0 heterocycles. The Balaban J connectivity index is 2.01. The average molecular weight is 246 g/mol. The fraction of sp³-hybridized carbons (Fsp3) is 0.533. The first-order chi connectivity index (χ1) is 8.70. The van der Waals surface area contributed by atoms with Crippen molar-refractivity contribution in [1.82, 2.24) is 5.32 Å². The van der Waals surface area contributed by atoms with E-state index in [9.17, 15) is 4.79 Å². The molecule has 1 aromatic carbocycles. The molecule has 1 saturated carbocycles. The molecular weight excluding hydrogens is 224 g/mol. The molecule has 2 rings (SSSR count). The molecule has 0 saturated heterocycles. The molecule has 0 spiro atoms. The normalized spacial score (nSPS) is 16.3. The van der Waals surface area contributed by atoms with Crippen molar-refractivity contribution < 1.29 is 4.79 Å². The molecule has 3 nitrogen and oxygen atoms in total. The summed E-state index contributed by atoms with van der Waals surface area (Å²) in [6.45, 7) is 2.96. The summed E-state index contributed by atoms with van der Waals surface area (Å²) in [5, 5.41) is 6.18. The Hall–Kier alpha value is -1.35. The number of nitrogens with one attached hydrogen (secondary N) is 2. The third-order valence-corrected chi connectivity index (χ3v) is 3.63. The molecule has 0 atom stereocenters. The van der Waals surface area contributed by atoms with Crippen LogP contribution in [-0.4, -0.2) is 13.0 Å². The first-order valence-corrected chi connectivity index (χ1v) is 6.75. The van der Waals surface area contributed by atoms with Crippen LogP contribution < -0.4 is 10.6 Å². The number of rotatable bonds is 6. The van der Waals surface area contributed by atoms with Crippen LogP contribution in [0.1, 0.15) is 38.2 Å². The molecule has 3 heteroatoms. The second kappa shape index (κ2) is 5.53. The van der Waals surface area contributed by atoms with Crippen LogP contribution in [0.15, 0.2) is 24.3 Å². The largest absolute Gasteiger partial charge is 0.326 e. The summed E-state index contributed by atoms with van der Waals surface area (Å²) >= 11 is 0. The quantitative estimate of drug-likeness (QED) is 0.810. The van der Waals surface area contributed by atoms with Crippen LogP contribution in [-0.2, 0) is 11.3 Å². The average Bonchev–Trinajstić information content (AvgIpc) is 3.11. The minimum absolute atomic E-state index is 0.0617. The molecule has 1 aliphatic rings. The van der Waals surface area contributed by atoms with Gasteiger partial charge in [0.05, 0.1) is 0 Å². The molecule has 0 radical (unpaired) electrons. The molecule has 0 aromatic heterocycles. The van der Waals surface area contributed by atoms with Crippen molar-refractivity contribution in [2.24, 2.45) is 5.41 Å². The van der Waals surface area contributed by atoms with Crippen molar-refractivity contribution in [3.05, 3.63) is 29.8 Å². The van der Waals surface area contributed by atoms with Crippen molar-refractivity contribution in [2.75, 3.05) is 12.4 Å². The van der Waals surface area contributed by atoms with Gasteiger partial charge in [-0.1, -0.05) is 25.5 Å². The van der Waals surface area contributed by atoms with Crippen LogP contribution >= 0.6 is 0 Å². The van der Waals surface area contributed by atoms with Gasteiger partial charge in [0, 0.05) is 17.6 Å². The van der Waals surface area contributed by atoms with Gasteiger partial charge in [0.2, 0.25) is 5.91 Å². The van der Waals surface area contributed by atoms with Gasteiger partial charge in [-0.15, -0.1) is 0 Å². The highest BCUT2D eigenvalue weighted by atomic mass is 16.2. The maximum atomic E-state index is 12.2. The van der Waals surface area contributed by atoms with Crippen LogP contribution in [0.2, 0.25) is 0 Å². The number of hydrogen-bond donors (Lipinski definition) is 2. The minimum atomic E-state index is -0.0617. The lowest BCUT2D eigenvalue weighted by Crippen LogP contribution is -2.24. The minimum Gasteiger partial charge on any atom is -0.326 e. The molecule has 1 aliphatic carbocycles. The highest BCUT2D eigenvalue weighted by Crippen LogP contribution is 2.50. The predicted molar refractivity (Wildman–Crippen MR) is 74.4 cm³/mol. The Bertz CT molecular complexity index is 424. The number of benzene rings is 1. The first-order valence-electron chi connectivity index (χ1n) is 6.75. The number of hydrogen-bond acceptors (Lipinski definition) is 2. The van der Waals surface area contributed by atoms with Gasteiger partial charge < -0.3 is 10.6 Å². The van der Waals surface area contributed by atoms with Crippen LogP contribution in [0.3, 0.4) is 0 Å². The summed E-state index contributed by atoms with van der Waals surface area (Å²) in [5.74, 6) is 0.200. The molecule has 1 fully saturated rings. The fourth-order valence-electron chi connectivity index (χ4n) is 2.45. The van der Waals surface area contributed by atoms with Crippen molar-refractivity contribution >= 4 is 11.6 Å². The first kappa shape index (κ1) is 13.1. The summed E-state index contributed by atoms with van der Waals surface area (Å²) in [6, 6.07) is 8.04. The topological polar surface area (TPSA) is 41.1 Å². The maximum Gasteiger partial charge on any atom is 0.230 e. The van der Waals surface area contributed by atoms with Crippen LogP contribution in [0.5, 0.6) is 0 Å². The Morgan fingerprint density at radius 2 is 2.17 bits per heavy atom. The molecule has 0 unspecified atom stereocenters. The number of amides is 1. The smallest absolute Gasteiger partial charge is 0.230 e. The third-order valence-electron chi connectivity index (χ3n) is 3.63. The van der Waals surface area contributed by atoms with Gasteiger partial charge in [0.15, 0.2) is 0 Å². The highest BCUT2D eigenvalue weighted by molar-refractivity contribution is 5.97. The van der Waals surface area contributed by atoms with Gasteiger partial charge in [-0.05, 0) is 44.0 Å². The monoisotopic (exact) mass is 246 g/mol. The second-order valence-corrected chi connectivity index (χ2v) is 5.22. The number of carbonyl (C=O) groups excluding carboxylic acids is 1. The maximum absolute atomic E-state index is 12.2. The fourth-order valence-corrected chi connectivity index (χ4v) is 2.45. The zero-order valence-electron chi connectivity index (χ0n) is 11.3. The van der Waals surface area contributed by atoms with Gasteiger partial charge >= 0.3 is 0 Å². The SMILES string of the molecule is CCCC1(C(=O)Nc2cccc(CNC)c2)CC1. The third kappa shape index (κ3) is 2.91. The lowest BCUT2D eigenvalue weighted by Gasteiger charge is -2.14. The van der Waals surface area contributed by atoms with E-state index in [0.29, 0.717) is 0 Å². The van der Waals surface area contributed by atoms with Crippen molar-refractivity contribution in [2.45, 2.75) is 39.2 Å². The van der Waals surface area contributed by atoms with Crippen LogP contribution in [0, 0.1) is 5.41 Å². The van der Waals surface area contributed by atoms with Gasteiger partial charge in [-0.3, -0.25) is 4.79 Å². The van der Waals surface area contributed by atoms with E-state index in [-0.39, 0.29) is 11.3 Å². The molecule has 1 amide bonds. The van der Waals surface area contributed by atoms with E-state index >= 15 is 0 Å². The Labute approximate surface area is 109 Å². The zero-order chi connectivity index (χ0) is 13.0. The van der Waals surface area contributed by atoms with E-state index in [1.165, 1.54) is 5.56 Å². The van der Waals surface area contributed by atoms with Crippen LogP contribution in [0.4, 0.5) is 5.69 Å². The van der Waals surface area contributed by atoms with E-state index in [2.05, 4.69) is 23.6 Å². The summed E-state index contributed by atoms with van der Waals surface area (Å²) in [5.41, 5.74) is 2.04. The van der Waals surface area contributed by atoms with E-state index in [1.54, 1.807) is 0 Å². The van der Waals surface area contributed by atoms with Gasteiger partial charge in [-0.25, -0.2) is 0 Å². The van der Waals surface area contributed by atoms with Gasteiger partial charge in [0.1, 0.15) is 0 Å². The Morgan fingerprint density at radius 3 is 2.78 bits per heavy atom. The predicted octanol–water partition coefficient (Wildman–Crippen LogP) is 2.92. The van der Waals surface area contributed by atoms with Gasteiger partial charge in [0.25, 0.3) is 0 Å². The lowest BCUT2D eigenvalue weighted by atomic mass is 9.99. The Kier molecular flexibility index (Phi) is 4.02. The van der Waals surface area contributed by atoms with E-state index in [4.69, 9.17) is 0 Å². The highest BCUT2D eigenvalue weighted by Gasteiger charge is 2.48. The van der Waals surface area contributed by atoms with Crippen LogP contribution in [0.25, 0.3) is 0 Å².